The Kier molecular flexibility index (Phi) is 19.7. The lowest BCUT2D eigenvalue weighted by atomic mass is 9.95. The summed E-state index contributed by atoms with van der Waals surface area (Å²) in [5.74, 6) is 2.61. The first-order chi connectivity index (χ1) is 35.5. The highest BCUT2D eigenvalue weighted by atomic mass is 16.5. The van der Waals surface area contributed by atoms with Crippen LogP contribution < -0.4 is 40.6 Å². The largest absolute Gasteiger partial charge is 0.492 e. The number of fused-ring (bicyclic) bond motifs is 4. The average molecular weight is 993 g/mol. The van der Waals surface area contributed by atoms with Gasteiger partial charge in [0, 0.05) is 47.5 Å². The molecule has 17 heteroatoms. The van der Waals surface area contributed by atoms with Gasteiger partial charge >= 0.3 is 5.97 Å². The molecule has 6 heterocycles. The first-order valence-corrected chi connectivity index (χ1v) is 24.3. The zero-order chi connectivity index (χ0) is 52.3. The second-order valence-electron chi connectivity index (χ2n) is 16.4. The second kappa shape index (κ2) is 26.7. The summed E-state index contributed by atoms with van der Waals surface area (Å²) in [4.78, 5) is 78.6. The number of benzene rings is 4. The molecule has 4 aliphatic rings. The Bertz CT molecular complexity index is 2900. The Morgan fingerprint density at radius 2 is 1.08 bits per heavy atom. The predicted molar refractivity (Wildman–Crippen MR) is 275 cm³/mol. The first kappa shape index (κ1) is 53.9. The van der Waals surface area contributed by atoms with Crippen molar-refractivity contribution < 1.29 is 52.8 Å². The van der Waals surface area contributed by atoms with E-state index in [9.17, 15) is 28.8 Å². The Balaban J connectivity index is 0.000000194. The highest BCUT2D eigenvalue weighted by molar-refractivity contribution is 5.99. The van der Waals surface area contributed by atoms with Crippen molar-refractivity contribution in [2.75, 3.05) is 36.9 Å². The van der Waals surface area contributed by atoms with Crippen molar-refractivity contribution >= 4 is 46.9 Å². The van der Waals surface area contributed by atoms with E-state index in [4.69, 9.17) is 29.8 Å². The van der Waals surface area contributed by atoms with Crippen LogP contribution in [0.3, 0.4) is 0 Å². The van der Waals surface area contributed by atoms with Gasteiger partial charge in [-0.05, 0) is 85.3 Å². The Morgan fingerprint density at radius 1 is 0.630 bits per heavy atom. The van der Waals surface area contributed by atoms with Gasteiger partial charge in [0.2, 0.25) is 17.7 Å². The number of anilines is 2. The fourth-order valence-corrected chi connectivity index (χ4v) is 7.93. The summed E-state index contributed by atoms with van der Waals surface area (Å²) in [5.41, 5.74) is 9.79. The molecule has 0 aliphatic carbocycles. The molecule has 0 radical (unpaired) electrons. The van der Waals surface area contributed by atoms with Crippen LogP contribution in [0.4, 0.5) is 11.6 Å². The third-order valence-electron chi connectivity index (χ3n) is 11.6. The van der Waals surface area contributed by atoms with Crippen LogP contribution in [-0.4, -0.2) is 76.6 Å². The molecule has 2 unspecified atom stereocenters. The van der Waals surface area contributed by atoms with Gasteiger partial charge in [0.1, 0.15) is 59.3 Å². The topological polar surface area (TPSA) is 247 Å². The van der Waals surface area contributed by atoms with Crippen LogP contribution in [0.1, 0.15) is 83.5 Å². The highest BCUT2D eigenvalue weighted by Crippen LogP contribution is 2.38. The molecule has 2 atom stereocenters. The maximum atomic E-state index is 12.7. The van der Waals surface area contributed by atoms with E-state index in [0.717, 1.165) is 22.3 Å². The van der Waals surface area contributed by atoms with Crippen LogP contribution >= 0.6 is 0 Å². The van der Waals surface area contributed by atoms with Gasteiger partial charge in [-0.2, -0.15) is 0 Å². The zero-order valence-corrected chi connectivity index (χ0v) is 41.3. The number of aliphatic carboxylic acids is 1. The van der Waals surface area contributed by atoms with Gasteiger partial charge in [-0.25, -0.2) is 9.97 Å². The summed E-state index contributed by atoms with van der Waals surface area (Å²) in [6.45, 7) is 8.46. The first-order valence-electron chi connectivity index (χ1n) is 24.3. The summed E-state index contributed by atoms with van der Waals surface area (Å²) in [7, 11) is 0. The van der Waals surface area contributed by atoms with Gasteiger partial charge in [-0.15, -0.1) is 0 Å². The van der Waals surface area contributed by atoms with Crippen molar-refractivity contribution in [3.8, 4) is 34.5 Å². The number of hydrogen-bond donors (Lipinski definition) is 5. The number of carbonyl (C=O) groups excluding carboxylic acids is 5. The molecule has 2 aromatic heterocycles. The summed E-state index contributed by atoms with van der Waals surface area (Å²) in [6, 6.07) is 32.3. The standard InChI is InChI=1S/C26H23N3O5.C18H16N2O5.C8H9NO.2C2H6/c30-21(16-4-2-1-3-5-16)14-28-26(32)18-12-17-13-19(6-8-22(17)33-15-18)34-23-10-11-27-25-20(23)7-9-24(31)29-25;21-16-4-2-13-15(5-6-19-17(13)20-16)25-12-1-3-14-10(8-12)7-11(9-24-14)18(22)23;9-6-8(10)7-4-2-1-3-5-7;2*1-2/h1-6,8,10-11,13,18H,7,9,12,14-15H2,(H,28,32)(H,27,29,31);1,3,5-6,8,11H,2,4,7,9H2,(H,22,23)(H,19,20,21);1-5H,6,9H2;2*1-2H3. The van der Waals surface area contributed by atoms with E-state index in [0.29, 0.717) is 95.8 Å². The normalized spacial score (nSPS) is 15.4. The number of pyridine rings is 2. The van der Waals surface area contributed by atoms with Crippen LogP contribution in [0.15, 0.2) is 122 Å². The molecule has 4 aliphatic heterocycles. The number of carbonyl (C=O) groups is 6. The molecule has 380 valence electrons. The summed E-state index contributed by atoms with van der Waals surface area (Å²) < 4.78 is 23.4. The van der Waals surface area contributed by atoms with E-state index in [1.54, 1.807) is 79.1 Å². The van der Waals surface area contributed by atoms with Crippen LogP contribution in [0.5, 0.6) is 34.5 Å². The summed E-state index contributed by atoms with van der Waals surface area (Å²) in [6.07, 6.45) is 5.97. The van der Waals surface area contributed by atoms with E-state index in [1.807, 2.05) is 70.2 Å². The number of nitrogens with zero attached hydrogens (tertiary/aromatic N) is 2. The lowest BCUT2D eigenvalue weighted by Gasteiger charge is -2.25. The molecular weight excluding hydrogens is 933 g/mol. The molecule has 0 bridgehead atoms. The van der Waals surface area contributed by atoms with E-state index in [-0.39, 0.29) is 55.6 Å². The minimum atomic E-state index is -0.865. The molecule has 4 aromatic carbocycles. The molecular formula is C56H60N6O11. The van der Waals surface area contributed by atoms with Gasteiger partial charge in [0.05, 0.1) is 24.9 Å². The van der Waals surface area contributed by atoms with E-state index in [1.165, 1.54) is 0 Å². The molecule has 17 nitrogen and oxygen atoms in total. The molecule has 0 fully saturated rings. The molecule has 0 saturated carbocycles. The van der Waals surface area contributed by atoms with Crippen molar-refractivity contribution in [2.24, 2.45) is 17.6 Å². The number of amides is 3. The number of nitrogens with two attached hydrogens (primary N) is 1. The molecule has 3 amide bonds. The van der Waals surface area contributed by atoms with Crippen molar-refractivity contribution in [3.05, 3.63) is 155 Å². The lowest BCUT2D eigenvalue weighted by Crippen LogP contribution is -2.39. The van der Waals surface area contributed by atoms with E-state index < -0.39 is 17.8 Å². The number of carboxylic acid groups (broad SMARTS) is 1. The average Bonchev–Trinajstić information content (AvgIpc) is 3.43. The number of nitrogens with one attached hydrogen (secondary N) is 3. The maximum Gasteiger partial charge on any atom is 0.310 e. The fraction of sp³-hybridized carbons (Fsp3) is 0.286. The van der Waals surface area contributed by atoms with E-state index in [2.05, 4.69) is 25.9 Å². The number of hydrogen-bond acceptors (Lipinski definition) is 13. The molecule has 6 N–H and O–H groups in total. The Labute approximate surface area is 423 Å². The highest BCUT2D eigenvalue weighted by Gasteiger charge is 2.29. The Morgan fingerprint density at radius 3 is 1.55 bits per heavy atom. The lowest BCUT2D eigenvalue weighted by molar-refractivity contribution is -0.143. The molecule has 10 rings (SSSR count). The molecule has 6 aromatic rings. The number of carboxylic acids is 1. The van der Waals surface area contributed by atoms with Crippen LogP contribution in [0, 0.1) is 11.8 Å². The Hall–Kier alpha value is -8.44. The summed E-state index contributed by atoms with van der Waals surface area (Å²) >= 11 is 0. The van der Waals surface area contributed by atoms with Crippen molar-refractivity contribution in [1.29, 1.82) is 0 Å². The second-order valence-corrected chi connectivity index (χ2v) is 16.4. The quantitative estimate of drug-likeness (QED) is 0.0763. The third kappa shape index (κ3) is 14.6. The SMILES string of the molecule is CC.CC.NCC(=O)c1ccccc1.O=C1CCc2c(Oc3ccc4c(c3)CC(C(=O)NCC(=O)c3ccccc3)CO4)ccnc2N1.O=C1CCc2c(Oc3ccc4c(c3)CC(C(=O)O)CO4)ccnc2N1. The van der Waals surface area contributed by atoms with Crippen LogP contribution in [-0.2, 0) is 44.9 Å². The maximum absolute atomic E-state index is 12.7. The van der Waals surface area contributed by atoms with Gasteiger partial charge in [0.25, 0.3) is 0 Å². The number of rotatable bonds is 11. The van der Waals surface area contributed by atoms with Crippen molar-refractivity contribution in [3.63, 3.8) is 0 Å². The van der Waals surface area contributed by atoms with Gasteiger partial charge in [-0.1, -0.05) is 88.4 Å². The fourth-order valence-electron chi connectivity index (χ4n) is 7.93. The number of ether oxygens (including phenoxy) is 4. The van der Waals surface area contributed by atoms with Crippen LogP contribution in [0.2, 0.25) is 0 Å². The predicted octanol–water partition coefficient (Wildman–Crippen LogP) is 8.58. The van der Waals surface area contributed by atoms with Gasteiger partial charge in [-0.3, -0.25) is 28.8 Å². The minimum absolute atomic E-state index is 0.0133. The zero-order valence-electron chi connectivity index (χ0n) is 41.3. The van der Waals surface area contributed by atoms with Crippen molar-refractivity contribution in [1.82, 2.24) is 15.3 Å². The number of aromatic nitrogens is 2. The van der Waals surface area contributed by atoms with Gasteiger partial charge < -0.3 is 45.7 Å². The minimum Gasteiger partial charge on any atom is -0.492 e. The molecule has 0 spiro atoms. The summed E-state index contributed by atoms with van der Waals surface area (Å²) in [5, 5.41) is 17.4. The molecule has 73 heavy (non-hydrogen) atoms. The van der Waals surface area contributed by atoms with E-state index >= 15 is 0 Å². The monoisotopic (exact) mass is 992 g/mol. The van der Waals surface area contributed by atoms with Crippen LogP contribution in [0.25, 0.3) is 0 Å². The number of Topliss-reactive ketones (excluding diaryl/α,β-unsaturated/α-hetero) is 2. The number of ketones is 2. The van der Waals surface area contributed by atoms with Crippen molar-refractivity contribution in [2.45, 2.75) is 66.2 Å². The third-order valence-corrected chi connectivity index (χ3v) is 11.6. The van der Waals surface area contributed by atoms with Gasteiger partial charge in [0.15, 0.2) is 11.6 Å². The molecule has 0 saturated heterocycles. The smallest absolute Gasteiger partial charge is 0.310 e.